The minimum absolute atomic E-state index is 0.173. The molecule has 4 aromatic rings. The van der Waals surface area contributed by atoms with Crippen molar-refractivity contribution in [3.8, 4) is 22.8 Å². The first kappa shape index (κ1) is 26.7. The van der Waals surface area contributed by atoms with E-state index in [2.05, 4.69) is 51.4 Å². The topological polar surface area (TPSA) is 67.3 Å². The Hall–Kier alpha value is -4.52. The van der Waals surface area contributed by atoms with Gasteiger partial charge in [0.1, 0.15) is 11.6 Å². The number of carbonyl (C=O) groups excluding carboxylic acids is 1. The van der Waals surface area contributed by atoms with Crippen molar-refractivity contribution in [3.63, 3.8) is 0 Å². The van der Waals surface area contributed by atoms with Crippen LogP contribution in [0.3, 0.4) is 0 Å². The first-order valence-electron chi connectivity index (χ1n) is 14.2. The lowest BCUT2D eigenvalue weighted by Gasteiger charge is -2.29. The van der Waals surface area contributed by atoms with Crippen molar-refractivity contribution in [2.45, 2.75) is 45.4 Å². The number of carbonyl (C=O) groups is 1. The van der Waals surface area contributed by atoms with Gasteiger partial charge in [0.25, 0.3) is 5.91 Å². The van der Waals surface area contributed by atoms with Crippen LogP contribution < -0.4 is 15.0 Å². The number of pyridine rings is 2. The average molecular weight is 549 g/mol. The molecule has 2 aliphatic rings. The zero-order valence-electron chi connectivity index (χ0n) is 23.4. The molecule has 0 saturated carbocycles. The fraction of sp³-hybridized carbons (Fsp3) is 0.265. The second-order valence-electron chi connectivity index (χ2n) is 10.9. The second-order valence-corrected chi connectivity index (χ2v) is 10.9. The van der Waals surface area contributed by atoms with E-state index in [1.807, 2.05) is 19.3 Å². The standard InChI is InChI=1S/C34H33FN4O2/c1-22-15-23(2)33(34(40)38-27-10-12-32(37-20-27)41-29-8-6-7-26(35)18-29)31-17-24(9-11-30(22)31)25-16-28(21-36-19-25)39-13-4-3-5-14-39/h6-12,16-22H,3-5,13-15H2,1-2H3,(H,38,40)/t22-/m1/s1. The zero-order valence-corrected chi connectivity index (χ0v) is 23.4. The van der Waals surface area contributed by atoms with Gasteiger partial charge in [-0.3, -0.25) is 9.78 Å². The molecule has 1 fully saturated rings. The van der Waals surface area contributed by atoms with Crippen LogP contribution in [0.4, 0.5) is 15.8 Å². The summed E-state index contributed by atoms with van der Waals surface area (Å²) in [5.74, 6) is 0.426. The molecule has 6 nitrogen and oxygen atoms in total. The summed E-state index contributed by atoms with van der Waals surface area (Å²) in [7, 11) is 0. The van der Waals surface area contributed by atoms with Crippen LogP contribution in [0.2, 0.25) is 0 Å². The van der Waals surface area contributed by atoms with Crippen molar-refractivity contribution in [2.24, 2.45) is 0 Å². The Labute approximate surface area is 239 Å². The molecule has 3 heterocycles. The second kappa shape index (κ2) is 11.5. The van der Waals surface area contributed by atoms with Gasteiger partial charge in [-0.05, 0) is 85.5 Å². The molecule has 1 amide bonds. The van der Waals surface area contributed by atoms with E-state index in [0.29, 0.717) is 28.8 Å². The number of nitrogens with zero attached hydrogens (tertiary/aromatic N) is 3. The highest BCUT2D eigenvalue weighted by Gasteiger charge is 2.27. The molecule has 7 heteroatoms. The van der Waals surface area contributed by atoms with Gasteiger partial charge in [0, 0.05) is 42.6 Å². The number of anilines is 2. The van der Waals surface area contributed by atoms with Gasteiger partial charge in [-0.2, -0.15) is 0 Å². The van der Waals surface area contributed by atoms with Crippen LogP contribution in [0.5, 0.6) is 11.6 Å². The smallest absolute Gasteiger partial charge is 0.256 e. The van der Waals surface area contributed by atoms with E-state index in [1.54, 1.807) is 30.5 Å². The molecule has 1 saturated heterocycles. The van der Waals surface area contributed by atoms with Gasteiger partial charge in [-0.25, -0.2) is 9.37 Å². The predicted molar refractivity (Wildman–Crippen MR) is 161 cm³/mol. The Morgan fingerprint density at radius 1 is 0.976 bits per heavy atom. The number of benzene rings is 2. The normalized spacial score (nSPS) is 16.8. The van der Waals surface area contributed by atoms with Crippen molar-refractivity contribution in [2.75, 3.05) is 23.3 Å². The minimum atomic E-state index is -0.383. The maximum Gasteiger partial charge on any atom is 0.256 e. The number of fused-ring (bicyclic) bond motifs is 1. The summed E-state index contributed by atoms with van der Waals surface area (Å²) in [6.45, 7) is 6.36. The van der Waals surface area contributed by atoms with Crippen LogP contribution >= 0.6 is 0 Å². The van der Waals surface area contributed by atoms with Gasteiger partial charge in [0.05, 0.1) is 23.8 Å². The lowest BCUT2D eigenvalue weighted by atomic mass is 9.78. The molecule has 1 atom stereocenters. The minimum Gasteiger partial charge on any atom is -0.439 e. The monoisotopic (exact) mass is 548 g/mol. The van der Waals surface area contributed by atoms with E-state index in [9.17, 15) is 9.18 Å². The number of hydrogen-bond donors (Lipinski definition) is 1. The number of hydrogen-bond acceptors (Lipinski definition) is 5. The van der Waals surface area contributed by atoms with Gasteiger partial charge < -0.3 is 15.0 Å². The summed E-state index contributed by atoms with van der Waals surface area (Å²) in [5.41, 5.74) is 7.67. The van der Waals surface area contributed by atoms with Crippen LogP contribution in [0.25, 0.3) is 16.7 Å². The summed E-state index contributed by atoms with van der Waals surface area (Å²) in [4.78, 5) is 24.9. The van der Waals surface area contributed by atoms with Crippen LogP contribution in [-0.4, -0.2) is 29.0 Å². The maximum absolute atomic E-state index is 13.7. The zero-order chi connectivity index (χ0) is 28.3. The molecule has 1 aliphatic heterocycles. The molecule has 2 aromatic heterocycles. The van der Waals surface area contributed by atoms with E-state index in [4.69, 9.17) is 4.74 Å². The Bertz CT molecular complexity index is 1610. The van der Waals surface area contributed by atoms with E-state index in [0.717, 1.165) is 47.5 Å². The third kappa shape index (κ3) is 5.85. The number of aromatic nitrogens is 2. The van der Waals surface area contributed by atoms with Crippen LogP contribution in [0, 0.1) is 5.82 Å². The number of piperidine rings is 1. The van der Waals surface area contributed by atoms with Gasteiger partial charge in [-0.15, -0.1) is 0 Å². The van der Waals surface area contributed by atoms with Gasteiger partial charge in [0.15, 0.2) is 0 Å². The summed E-state index contributed by atoms with van der Waals surface area (Å²) < 4.78 is 19.1. The number of halogens is 1. The maximum atomic E-state index is 13.7. The molecular formula is C34H33FN4O2. The molecule has 0 radical (unpaired) electrons. The third-order valence-electron chi connectivity index (χ3n) is 7.91. The number of nitrogens with one attached hydrogen (secondary N) is 1. The van der Waals surface area contributed by atoms with Gasteiger partial charge in [0.2, 0.25) is 5.88 Å². The van der Waals surface area contributed by atoms with Crippen molar-refractivity contribution < 1.29 is 13.9 Å². The molecule has 208 valence electrons. The van der Waals surface area contributed by atoms with E-state index in [1.165, 1.54) is 37.0 Å². The van der Waals surface area contributed by atoms with Gasteiger partial charge >= 0.3 is 0 Å². The number of ether oxygens (including phenoxy) is 1. The van der Waals surface area contributed by atoms with E-state index in [-0.39, 0.29) is 11.7 Å². The van der Waals surface area contributed by atoms with Crippen LogP contribution in [0.1, 0.15) is 56.6 Å². The summed E-state index contributed by atoms with van der Waals surface area (Å²) >= 11 is 0. The van der Waals surface area contributed by atoms with Gasteiger partial charge in [-0.1, -0.05) is 30.7 Å². The lowest BCUT2D eigenvalue weighted by Crippen LogP contribution is -2.29. The van der Waals surface area contributed by atoms with Crippen molar-refractivity contribution in [1.82, 2.24) is 9.97 Å². The van der Waals surface area contributed by atoms with E-state index < -0.39 is 0 Å². The number of rotatable bonds is 6. The fourth-order valence-corrected chi connectivity index (χ4v) is 5.87. The Morgan fingerprint density at radius 2 is 1.83 bits per heavy atom. The highest BCUT2D eigenvalue weighted by atomic mass is 19.1. The number of allylic oxidation sites excluding steroid dienone is 1. The molecule has 41 heavy (non-hydrogen) atoms. The summed E-state index contributed by atoms with van der Waals surface area (Å²) in [5, 5.41) is 3.02. The van der Waals surface area contributed by atoms with Crippen molar-refractivity contribution >= 4 is 22.9 Å². The lowest BCUT2D eigenvalue weighted by molar-refractivity contribution is -0.111. The summed E-state index contributed by atoms with van der Waals surface area (Å²) in [6, 6.07) is 17.9. The predicted octanol–water partition coefficient (Wildman–Crippen LogP) is 7.98. The summed E-state index contributed by atoms with van der Waals surface area (Å²) in [6.07, 6.45) is 9.91. The Morgan fingerprint density at radius 3 is 2.61 bits per heavy atom. The Kier molecular flexibility index (Phi) is 7.51. The van der Waals surface area contributed by atoms with E-state index >= 15 is 0 Å². The van der Waals surface area contributed by atoms with Crippen molar-refractivity contribution in [3.05, 3.63) is 102 Å². The van der Waals surface area contributed by atoms with Crippen molar-refractivity contribution in [1.29, 1.82) is 0 Å². The Balaban J connectivity index is 1.24. The number of amides is 1. The molecule has 1 aliphatic carbocycles. The fourth-order valence-electron chi connectivity index (χ4n) is 5.87. The third-order valence-corrected chi connectivity index (χ3v) is 7.91. The molecule has 2 aromatic carbocycles. The quantitative estimate of drug-likeness (QED) is 0.265. The molecule has 6 rings (SSSR count). The molecule has 1 N–H and O–H groups in total. The first-order chi connectivity index (χ1) is 19.9. The molecule has 0 spiro atoms. The highest BCUT2D eigenvalue weighted by molar-refractivity contribution is 6.26. The van der Waals surface area contributed by atoms with Crippen LogP contribution in [0.15, 0.2) is 84.8 Å². The molecule has 0 unspecified atom stereocenters. The SMILES string of the molecule is CC1=C(C(=O)Nc2ccc(Oc3cccc(F)c3)nc2)c2cc(-c3cncc(N4CCCCC4)c3)ccc2[C@H](C)C1. The average Bonchev–Trinajstić information content (AvgIpc) is 2.98. The highest BCUT2D eigenvalue weighted by Crippen LogP contribution is 2.41. The molecular weight excluding hydrogens is 515 g/mol. The molecule has 0 bridgehead atoms. The largest absolute Gasteiger partial charge is 0.439 e. The first-order valence-corrected chi connectivity index (χ1v) is 14.2. The van der Waals surface area contributed by atoms with Crippen LogP contribution in [-0.2, 0) is 4.79 Å².